The summed E-state index contributed by atoms with van der Waals surface area (Å²) in [6.45, 7) is 5.75. The SMILES string of the molecule is Cc1cc(C)cc(NC(=O)C(C)SCc2ccc(F)c(F)c2)c1. The first kappa shape index (κ1) is 17.5. The van der Waals surface area contributed by atoms with Gasteiger partial charge in [-0.25, -0.2) is 8.78 Å². The first-order valence-corrected chi connectivity index (χ1v) is 8.34. The highest BCUT2D eigenvalue weighted by Crippen LogP contribution is 2.21. The molecule has 0 spiro atoms. The van der Waals surface area contributed by atoms with Gasteiger partial charge < -0.3 is 5.32 Å². The maximum atomic E-state index is 13.2. The highest BCUT2D eigenvalue weighted by Gasteiger charge is 2.14. The Labute approximate surface area is 139 Å². The average molecular weight is 335 g/mol. The molecule has 1 unspecified atom stereocenters. The second-order valence-corrected chi connectivity index (χ2v) is 6.90. The van der Waals surface area contributed by atoms with Crippen molar-refractivity contribution in [2.75, 3.05) is 5.32 Å². The summed E-state index contributed by atoms with van der Waals surface area (Å²) in [5.41, 5.74) is 3.59. The number of rotatable bonds is 5. The minimum absolute atomic E-state index is 0.109. The third kappa shape index (κ3) is 5.06. The van der Waals surface area contributed by atoms with Crippen molar-refractivity contribution < 1.29 is 13.6 Å². The molecular weight excluding hydrogens is 316 g/mol. The minimum atomic E-state index is -0.865. The molecule has 0 saturated heterocycles. The van der Waals surface area contributed by atoms with Crippen molar-refractivity contribution in [3.05, 3.63) is 64.7 Å². The standard InChI is InChI=1S/C18H19F2NOS/c1-11-6-12(2)8-15(7-11)21-18(22)13(3)23-10-14-4-5-16(19)17(20)9-14/h4-9,13H,10H2,1-3H3,(H,21,22). The van der Waals surface area contributed by atoms with Crippen molar-refractivity contribution >= 4 is 23.4 Å². The molecule has 0 saturated carbocycles. The number of carbonyl (C=O) groups excluding carboxylic acids is 1. The number of amides is 1. The van der Waals surface area contributed by atoms with E-state index >= 15 is 0 Å². The van der Waals surface area contributed by atoms with Gasteiger partial charge in [-0.15, -0.1) is 11.8 Å². The molecule has 0 aliphatic heterocycles. The van der Waals surface area contributed by atoms with Crippen LogP contribution in [0.2, 0.25) is 0 Å². The van der Waals surface area contributed by atoms with Gasteiger partial charge in [0.25, 0.3) is 0 Å². The number of hydrogen-bond donors (Lipinski definition) is 1. The van der Waals surface area contributed by atoms with Crippen molar-refractivity contribution in [2.24, 2.45) is 0 Å². The molecular formula is C18H19F2NOS. The molecule has 1 N–H and O–H groups in total. The van der Waals surface area contributed by atoms with E-state index in [1.54, 1.807) is 6.92 Å². The summed E-state index contributed by atoms with van der Waals surface area (Å²) in [6.07, 6.45) is 0. The second-order valence-electron chi connectivity index (χ2n) is 5.57. The topological polar surface area (TPSA) is 29.1 Å². The third-order valence-corrected chi connectivity index (χ3v) is 4.56. The van der Waals surface area contributed by atoms with Crippen molar-refractivity contribution in [2.45, 2.75) is 31.8 Å². The van der Waals surface area contributed by atoms with Gasteiger partial charge in [-0.05, 0) is 61.7 Å². The van der Waals surface area contributed by atoms with Crippen molar-refractivity contribution in [1.29, 1.82) is 0 Å². The summed E-state index contributed by atoms with van der Waals surface area (Å²) in [7, 11) is 0. The molecule has 0 heterocycles. The Morgan fingerprint density at radius 3 is 2.35 bits per heavy atom. The zero-order valence-electron chi connectivity index (χ0n) is 13.3. The van der Waals surface area contributed by atoms with Crippen LogP contribution in [-0.2, 0) is 10.5 Å². The number of hydrogen-bond acceptors (Lipinski definition) is 2. The van der Waals surface area contributed by atoms with Crippen LogP contribution in [0.5, 0.6) is 0 Å². The van der Waals surface area contributed by atoms with Crippen molar-refractivity contribution in [3.63, 3.8) is 0 Å². The lowest BCUT2D eigenvalue weighted by molar-refractivity contribution is -0.115. The lowest BCUT2D eigenvalue weighted by atomic mass is 10.1. The number of thioether (sulfide) groups is 1. The molecule has 2 nitrogen and oxygen atoms in total. The Kier molecular flexibility index (Phi) is 5.77. The lowest BCUT2D eigenvalue weighted by Crippen LogP contribution is -2.22. The van der Waals surface area contributed by atoms with E-state index in [-0.39, 0.29) is 11.2 Å². The molecule has 0 radical (unpaired) electrons. The maximum absolute atomic E-state index is 13.2. The van der Waals surface area contributed by atoms with Gasteiger partial charge in [-0.3, -0.25) is 4.79 Å². The lowest BCUT2D eigenvalue weighted by Gasteiger charge is -2.13. The van der Waals surface area contributed by atoms with Crippen LogP contribution in [0.1, 0.15) is 23.6 Å². The van der Waals surface area contributed by atoms with Crippen LogP contribution >= 0.6 is 11.8 Å². The second kappa shape index (κ2) is 7.59. The molecule has 1 atom stereocenters. The molecule has 0 fully saturated rings. The van der Waals surface area contributed by atoms with Gasteiger partial charge in [0.15, 0.2) is 11.6 Å². The number of anilines is 1. The number of carbonyl (C=O) groups is 1. The van der Waals surface area contributed by atoms with E-state index in [1.165, 1.54) is 17.8 Å². The summed E-state index contributed by atoms with van der Waals surface area (Å²) in [5.74, 6) is -1.39. The summed E-state index contributed by atoms with van der Waals surface area (Å²) in [6, 6.07) is 9.66. The van der Waals surface area contributed by atoms with E-state index < -0.39 is 11.6 Å². The molecule has 0 aliphatic rings. The molecule has 0 aromatic heterocycles. The zero-order valence-corrected chi connectivity index (χ0v) is 14.1. The van der Waals surface area contributed by atoms with E-state index in [1.807, 2.05) is 32.0 Å². The Morgan fingerprint density at radius 1 is 1.09 bits per heavy atom. The summed E-state index contributed by atoms with van der Waals surface area (Å²) < 4.78 is 26.0. The molecule has 0 aliphatic carbocycles. The van der Waals surface area contributed by atoms with Crippen molar-refractivity contribution in [1.82, 2.24) is 0 Å². The molecule has 122 valence electrons. The molecule has 0 bridgehead atoms. The quantitative estimate of drug-likeness (QED) is 0.847. The van der Waals surface area contributed by atoms with Crippen LogP contribution in [-0.4, -0.2) is 11.2 Å². The largest absolute Gasteiger partial charge is 0.325 e. The fourth-order valence-electron chi connectivity index (χ4n) is 2.22. The predicted molar refractivity (Wildman–Crippen MR) is 91.7 cm³/mol. The number of halogens is 2. The van der Waals surface area contributed by atoms with Gasteiger partial charge >= 0.3 is 0 Å². The highest BCUT2D eigenvalue weighted by molar-refractivity contribution is 7.99. The summed E-state index contributed by atoms with van der Waals surface area (Å²) in [4.78, 5) is 12.2. The minimum Gasteiger partial charge on any atom is -0.325 e. The van der Waals surface area contributed by atoms with Crippen LogP contribution in [0.3, 0.4) is 0 Å². The van der Waals surface area contributed by atoms with E-state index in [9.17, 15) is 13.6 Å². The Morgan fingerprint density at radius 2 is 1.74 bits per heavy atom. The maximum Gasteiger partial charge on any atom is 0.237 e. The predicted octanol–water partition coefficient (Wildman–Crippen LogP) is 4.84. The normalized spacial score (nSPS) is 12.0. The Hall–Kier alpha value is -1.88. The number of nitrogens with one attached hydrogen (secondary N) is 1. The van der Waals surface area contributed by atoms with E-state index in [0.717, 1.165) is 28.9 Å². The fraction of sp³-hybridized carbons (Fsp3) is 0.278. The van der Waals surface area contributed by atoms with Crippen molar-refractivity contribution in [3.8, 4) is 0 Å². The first-order chi connectivity index (χ1) is 10.8. The van der Waals surface area contributed by atoms with Crippen LogP contribution in [0.15, 0.2) is 36.4 Å². The van der Waals surface area contributed by atoms with Crippen LogP contribution in [0, 0.1) is 25.5 Å². The van der Waals surface area contributed by atoms with Crippen LogP contribution in [0.4, 0.5) is 14.5 Å². The monoisotopic (exact) mass is 335 g/mol. The number of aryl methyl sites for hydroxylation is 2. The Balaban J connectivity index is 1.93. The van der Waals surface area contributed by atoms with Crippen LogP contribution in [0.25, 0.3) is 0 Å². The summed E-state index contributed by atoms with van der Waals surface area (Å²) >= 11 is 1.38. The summed E-state index contributed by atoms with van der Waals surface area (Å²) in [5, 5.41) is 2.58. The highest BCUT2D eigenvalue weighted by atomic mass is 32.2. The third-order valence-electron chi connectivity index (χ3n) is 3.34. The smallest absolute Gasteiger partial charge is 0.237 e. The molecule has 1 amide bonds. The molecule has 5 heteroatoms. The van der Waals surface area contributed by atoms with Gasteiger partial charge in [-0.2, -0.15) is 0 Å². The van der Waals surface area contributed by atoms with Gasteiger partial charge in [-0.1, -0.05) is 12.1 Å². The Bertz CT molecular complexity index is 698. The molecule has 2 rings (SSSR count). The van der Waals surface area contributed by atoms with Gasteiger partial charge in [0, 0.05) is 11.4 Å². The first-order valence-electron chi connectivity index (χ1n) is 7.30. The molecule has 2 aromatic carbocycles. The number of benzene rings is 2. The average Bonchev–Trinajstić information content (AvgIpc) is 2.47. The van der Waals surface area contributed by atoms with Gasteiger partial charge in [0.05, 0.1) is 5.25 Å². The van der Waals surface area contributed by atoms with E-state index in [4.69, 9.17) is 0 Å². The van der Waals surface area contributed by atoms with E-state index in [2.05, 4.69) is 5.32 Å². The molecule has 23 heavy (non-hydrogen) atoms. The molecule has 2 aromatic rings. The fourth-order valence-corrected chi connectivity index (χ4v) is 3.05. The van der Waals surface area contributed by atoms with Crippen LogP contribution < -0.4 is 5.32 Å². The van der Waals surface area contributed by atoms with E-state index in [0.29, 0.717) is 11.3 Å². The zero-order chi connectivity index (χ0) is 17.0. The van der Waals surface area contributed by atoms with Gasteiger partial charge in [0.1, 0.15) is 0 Å². The van der Waals surface area contributed by atoms with Gasteiger partial charge in [0.2, 0.25) is 5.91 Å².